The van der Waals surface area contributed by atoms with E-state index in [1.807, 2.05) is 24.3 Å². The molecule has 0 saturated carbocycles. The topological polar surface area (TPSA) is 58.6 Å². The molecule has 0 bridgehead atoms. The van der Waals surface area contributed by atoms with Gasteiger partial charge in [-0.2, -0.15) is 0 Å². The Morgan fingerprint density at radius 3 is 3.00 bits per heavy atom. The molecular formula is C12H14N2O3. The van der Waals surface area contributed by atoms with Crippen molar-refractivity contribution in [2.24, 2.45) is 0 Å². The monoisotopic (exact) mass is 234 g/mol. The minimum Gasteiger partial charge on any atom is -0.453 e. The number of para-hydroxylation sites is 1. The van der Waals surface area contributed by atoms with Crippen molar-refractivity contribution < 1.29 is 14.3 Å². The van der Waals surface area contributed by atoms with Crippen molar-refractivity contribution in [2.45, 2.75) is 6.42 Å². The van der Waals surface area contributed by atoms with Gasteiger partial charge < -0.3 is 15.0 Å². The predicted molar refractivity (Wildman–Crippen MR) is 62.9 cm³/mol. The van der Waals surface area contributed by atoms with Gasteiger partial charge in [-0.05, 0) is 11.6 Å². The molecule has 0 atom stereocenters. The molecule has 17 heavy (non-hydrogen) atoms. The van der Waals surface area contributed by atoms with Crippen LogP contribution in [-0.2, 0) is 16.0 Å². The summed E-state index contributed by atoms with van der Waals surface area (Å²) >= 11 is 0. The molecule has 2 amide bonds. The number of amides is 2. The van der Waals surface area contributed by atoms with E-state index >= 15 is 0 Å². The molecule has 5 nitrogen and oxygen atoms in total. The van der Waals surface area contributed by atoms with Gasteiger partial charge in [0.2, 0.25) is 5.91 Å². The standard InChI is InChI=1S/C12H14N2O3/c1-17-12(16)13-6-7-14-10-5-3-2-4-9(10)8-11(14)15/h2-5H,6-8H2,1H3,(H,13,16). The van der Waals surface area contributed by atoms with Crippen molar-refractivity contribution in [1.29, 1.82) is 0 Å². The number of methoxy groups -OCH3 is 1. The number of ether oxygens (including phenoxy) is 1. The minimum absolute atomic E-state index is 0.0675. The minimum atomic E-state index is -0.482. The molecular weight excluding hydrogens is 220 g/mol. The molecule has 1 heterocycles. The van der Waals surface area contributed by atoms with Crippen LogP contribution in [0.15, 0.2) is 24.3 Å². The SMILES string of the molecule is COC(=O)NCCN1C(=O)Cc2ccccc21. The van der Waals surface area contributed by atoms with Gasteiger partial charge in [0.05, 0.1) is 13.5 Å². The average Bonchev–Trinajstić information content (AvgIpc) is 2.66. The van der Waals surface area contributed by atoms with E-state index in [2.05, 4.69) is 10.1 Å². The smallest absolute Gasteiger partial charge is 0.406 e. The highest BCUT2D eigenvalue weighted by Gasteiger charge is 2.26. The van der Waals surface area contributed by atoms with E-state index in [9.17, 15) is 9.59 Å². The summed E-state index contributed by atoms with van der Waals surface area (Å²) in [6.07, 6.45) is -0.0427. The van der Waals surface area contributed by atoms with Crippen molar-refractivity contribution in [3.8, 4) is 0 Å². The maximum atomic E-state index is 11.8. The van der Waals surface area contributed by atoms with E-state index < -0.39 is 6.09 Å². The highest BCUT2D eigenvalue weighted by atomic mass is 16.5. The molecule has 1 aliphatic rings. The summed E-state index contributed by atoms with van der Waals surface area (Å²) in [7, 11) is 1.31. The Kier molecular flexibility index (Phi) is 3.27. The summed E-state index contributed by atoms with van der Waals surface area (Å²) in [6, 6.07) is 7.68. The Morgan fingerprint density at radius 1 is 1.47 bits per heavy atom. The fraction of sp³-hybridized carbons (Fsp3) is 0.333. The Morgan fingerprint density at radius 2 is 2.24 bits per heavy atom. The summed E-state index contributed by atoms with van der Waals surface area (Å²) in [5.74, 6) is 0.0675. The molecule has 0 unspecified atom stereocenters. The number of nitrogens with one attached hydrogen (secondary N) is 1. The normalized spacial score (nSPS) is 13.5. The summed E-state index contributed by atoms with van der Waals surface area (Å²) in [5.41, 5.74) is 1.97. The lowest BCUT2D eigenvalue weighted by Gasteiger charge is -2.17. The molecule has 0 fully saturated rings. The van der Waals surface area contributed by atoms with E-state index in [1.165, 1.54) is 7.11 Å². The number of benzene rings is 1. The van der Waals surface area contributed by atoms with Crippen LogP contribution in [0.5, 0.6) is 0 Å². The van der Waals surface area contributed by atoms with Crippen LogP contribution in [0.4, 0.5) is 10.5 Å². The summed E-state index contributed by atoms with van der Waals surface area (Å²) in [5, 5.41) is 2.56. The van der Waals surface area contributed by atoms with E-state index in [1.54, 1.807) is 4.90 Å². The second-order valence-corrected chi connectivity index (χ2v) is 3.77. The number of carbonyl (C=O) groups is 2. The number of hydrogen-bond donors (Lipinski definition) is 1. The van der Waals surface area contributed by atoms with Crippen LogP contribution in [0.3, 0.4) is 0 Å². The second kappa shape index (κ2) is 4.86. The number of anilines is 1. The molecule has 90 valence electrons. The molecule has 1 aromatic carbocycles. The fourth-order valence-electron chi connectivity index (χ4n) is 1.90. The van der Waals surface area contributed by atoms with Gasteiger partial charge in [0.1, 0.15) is 0 Å². The summed E-state index contributed by atoms with van der Waals surface area (Å²) < 4.78 is 4.46. The Balaban J connectivity index is 1.97. The molecule has 0 aliphatic carbocycles. The lowest BCUT2D eigenvalue weighted by atomic mass is 10.2. The Hall–Kier alpha value is -2.04. The van der Waals surface area contributed by atoms with Crippen molar-refractivity contribution >= 4 is 17.7 Å². The Labute approximate surface area is 99.4 Å². The average molecular weight is 234 g/mol. The molecule has 0 spiro atoms. The molecule has 5 heteroatoms. The number of carbonyl (C=O) groups excluding carboxylic acids is 2. The zero-order chi connectivity index (χ0) is 12.3. The first-order chi connectivity index (χ1) is 8.22. The van der Waals surface area contributed by atoms with Crippen molar-refractivity contribution in [2.75, 3.05) is 25.1 Å². The van der Waals surface area contributed by atoms with Gasteiger partial charge in [0.25, 0.3) is 0 Å². The molecule has 1 aromatic rings. The highest BCUT2D eigenvalue weighted by molar-refractivity contribution is 6.01. The molecule has 1 N–H and O–H groups in total. The van der Waals surface area contributed by atoms with Crippen LogP contribution in [0.25, 0.3) is 0 Å². The lowest BCUT2D eigenvalue weighted by molar-refractivity contribution is -0.117. The van der Waals surface area contributed by atoms with Gasteiger partial charge in [-0.15, -0.1) is 0 Å². The number of hydrogen-bond acceptors (Lipinski definition) is 3. The van der Waals surface area contributed by atoms with E-state index in [-0.39, 0.29) is 5.91 Å². The first kappa shape index (κ1) is 11.4. The van der Waals surface area contributed by atoms with E-state index in [4.69, 9.17) is 0 Å². The third-order valence-electron chi connectivity index (χ3n) is 2.72. The van der Waals surface area contributed by atoms with Gasteiger partial charge in [0.15, 0.2) is 0 Å². The number of alkyl carbamates (subject to hydrolysis) is 1. The number of rotatable bonds is 3. The summed E-state index contributed by atoms with van der Waals surface area (Å²) in [4.78, 5) is 24.3. The first-order valence-electron chi connectivity index (χ1n) is 5.42. The lowest BCUT2D eigenvalue weighted by Crippen LogP contribution is -2.36. The fourth-order valence-corrected chi connectivity index (χ4v) is 1.90. The number of fused-ring (bicyclic) bond motifs is 1. The number of nitrogens with zero attached hydrogens (tertiary/aromatic N) is 1. The van der Waals surface area contributed by atoms with Gasteiger partial charge in [0, 0.05) is 18.8 Å². The maximum absolute atomic E-state index is 11.8. The van der Waals surface area contributed by atoms with Crippen LogP contribution >= 0.6 is 0 Å². The first-order valence-corrected chi connectivity index (χ1v) is 5.42. The van der Waals surface area contributed by atoms with Crippen LogP contribution in [0.2, 0.25) is 0 Å². The zero-order valence-corrected chi connectivity index (χ0v) is 9.60. The third kappa shape index (κ3) is 2.38. The van der Waals surface area contributed by atoms with Gasteiger partial charge in [-0.25, -0.2) is 4.79 Å². The van der Waals surface area contributed by atoms with Crippen LogP contribution in [0.1, 0.15) is 5.56 Å². The molecule has 1 aliphatic heterocycles. The van der Waals surface area contributed by atoms with Crippen LogP contribution in [-0.4, -0.2) is 32.2 Å². The molecule has 0 radical (unpaired) electrons. The molecule has 2 rings (SSSR count). The van der Waals surface area contributed by atoms with Crippen molar-refractivity contribution in [3.63, 3.8) is 0 Å². The van der Waals surface area contributed by atoms with Crippen molar-refractivity contribution in [3.05, 3.63) is 29.8 Å². The van der Waals surface area contributed by atoms with Crippen molar-refractivity contribution in [1.82, 2.24) is 5.32 Å². The highest BCUT2D eigenvalue weighted by Crippen LogP contribution is 2.27. The second-order valence-electron chi connectivity index (χ2n) is 3.77. The van der Waals surface area contributed by atoms with Gasteiger partial charge >= 0.3 is 6.09 Å². The zero-order valence-electron chi connectivity index (χ0n) is 9.60. The van der Waals surface area contributed by atoms with Gasteiger partial charge in [-0.3, -0.25) is 4.79 Å². The molecule has 0 aromatic heterocycles. The molecule has 0 saturated heterocycles. The van der Waals surface area contributed by atoms with Crippen LogP contribution in [0, 0.1) is 0 Å². The third-order valence-corrected chi connectivity index (χ3v) is 2.72. The van der Waals surface area contributed by atoms with Gasteiger partial charge in [-0.1, -0.05) is 18.2 Å². The van der Waals surface area contributed by atoms with Crippen LogP contribution < -0.4 is 10.2 Å². The quantitative estimate of drug-likeness (QED) is 0.846. The maximum Gasteiger partial charge on any atom is 0.406 e. The Bertz CT molecular complexity index is 445. The largest absolute Gasteiger partial charge is 0.453 e. The predicted octanol–water partition coefficient (Wildman–Crippen LogP) is 0.932. The summed E-state index contributed by atoms with van der Waals surface area (Å²) in [6.45, 7) is 0.845. The van der Waals surface area contributed by atoms with E-state index in [0.717, 1.165) is 11.3 Å². The van der Waals surface area contributed by atoms with E-state index in [0.29, 0.717) is 19.5 Å².